The predicted molar refractivity (Wildman–Crippen MR) is 81.7 cm³/mol. The van der Waals surface area contributed by atoms with Gasteiger partial charge in [0.1, 0.15) is 12.7 Å². The average Bonchev–Trinajstić information content (AvgIpc) is 2.42. The Hall–Kier alpha value is -0.520. The van der Waals surface area contributed by atoms with Crippen LogP contribution in [0.3, 0.4) is 0 Å². The molecule has 0 amide bonds. The van der Waals surface area contributed by atoms with Crippen LogP contribution in [0.1, 0.15) is 19.8 Å². The maximum absolute atomic E-state index is 9.84. The van der Waals surface area contributed by atoms with E-state index in [1.54, 1.807) is 18.2 Å². The first-order valence-electron chi connectivity index (χ1n) is 6.63. The number of benzene rings is 1. The van der Waals surface area contributed by atoms with E-state index >= 15 is 0 Å². The number of hydrogen-bond acceptors (Lipinski definition) is 4. The maximum atomic E-state index is 9.84. The molecule has 1 aromatic carbocycles. The Labute approximate surface area is 129 Å². The molecule has 6 heteroatoms. The minimum atomic E-state index is -0.654. The topological polar surface area (TPSA) is 61.7 Å². The van der Waals surface area contributed by atoms with Gasteiger partial charge >= 0.3 is 0 Å². The molecule has 0 saturated carbocycles. The minimum absolute atomic E-state index is 0.114. The zero-order chi connectivity index (χ0) is 15.0. The third-order valence-electron chi connectivity index (χ3n) is 2.84. The van der Waals surface area contributed by atoms with Gasteiger partial charge in [0.25, 0.3) is 0 Å². The highest BCUT2D eigenvalue weighted by Crippen LogP contribution is 2.32. The summed E-state index contributed by atoms with van der Waals surface area (Å²) >= 11 is 11.9. The van der Waals surface area contributed by atoms with Gasteiger partial charge in [0, 0.05) is 19.2 Å². The van der Waals surface area contributed by atoms with Gasteiger partial charge in [-0.25, -0.2) is 0 Å². The minimum Gasteiger partial charge on any atom is -0.488 e. The Balaban J connectivity index is 2.31. The Morgan fingerprint density at radius 3 is 2.55 bits per heavy atom. The second-order valence-corrected chi connectivity index (χ2v) is 5.51. The largest absolute Gasteiger partial charge is 0.488 e. The van der Waals surface area contributed by atoms with E-state index in [0.717, 1.165) is 12.8 Å². The SMILES string of the molecule is CC(CCCO)NCC(O)COc1c(Cl)cccc1Cl. The first kappa shape index (κ1) is 17.5. The van der Waals surface area contributed by atoms with Gasteiger partial charge in [0.2, 0.25) is 0 Å². The van der Waals surface area contributed by atoms with Gasteiger partial charge in [0.15, 0.2) is 5.75 Å². The van der Waals surface area contributed by atoms with Crippen LogP contribution in [0.4, 0.5) is 0 Å². The molecule has 2 unspecified atom stereocenters. The highest BCUT2D eigenvalue weighted by atomic mass is 35.5. The van der Waals surface area contributed by atoms with Crippen molar-refractivity contribution in [3.8, 4) is 5.75 Å². The number of halogens is 2. The molecule has 20 heavy (non-hydrogen) atoms. The van der Waals surface area contributed by atoms with Gasteiger partial charge in [-0.1, -0.05) is 29.3 Å². The van der Waals surface area contributed by atoms with E-state index in [1.807, 2.05) is 6.92 Å². The van der Waals surface area contributed by atoms with Crippen LogP contribution in [0.5, 0.6) is 5.75 Å². The molecule has 0 heterocycles. The lowest BCUT2D eigenvalue weighted by Crippen LogP contribution is -2.36. The molecule has 0 aliphatic carbocycles. The number of nitrogens with one attached hydrogen (secondary N) is 1. The lowest BCUT2D eigenvalue weighted by atomic mass is 10.2. The average molecular weight is 322 g/mol. The molecule has 0 aromatic heterocycles. The number of para-hydroxylation sites is 1. The van der Waals surface area contributed by atoms with Crippen LogP contribution in [0.2, 0.25) is 10.0 Å². The van der Waals surface area contributed by atoms with Crippen molar-refractivity contribution in [2.24, 2.45) is 0 Å². The molecule has 1 aromatic rings. The first-order chi connectivity index (χ1) is 9.54. The fourth-order valence-electron chi connectivity index (χ4n) is 1.70. The van der Waals surface area contributed by atoms with Crippen LogP contribution >= 0.6 is 23.2 Å². The summed E-state index contributed by atoms with van der Waals surface area (Å²) in [5, 5.41) is 22.6. The molecule has 0 saturated heterocycles. The van der Waals surface area contributed by atoms with Crippen LogP contribution in [-0.2, 0) is 0 Å². The molecule has 1 rings (SSSR count). The van der Waals surface area contributed by atoms with Crippen molar-refractivity contribution in [3.05, 3.63) is 28.2 Å². The zero-order valence-electron chi connectivity index (χ0n) is 11.5. The maximum Gasteiger partial charge on any atom is 0.156 e. The summed E-state index contributed by atoms with van der Waals surface area (Å²) in [4.78, 5) is 0. The molecular formula is C14H21Cl2NO3. The number of ether oxygens (including phenoxy) is 1. The second-order valence-electron chi connectivity index (χ2n) is 4.69. The summed E-state index contributed by atoms with van der Waals surface area (Å²) in [6.07, 6.45) is 0.954. The molecule has 3 N–H and O–H groups in total. The molecule has 0 spiro atoms. The Kier molecular flexibility index (Phi) is 8.26. The van der Waals surface area contributed by atoms with Crippen molar-refractivity contribution in [3.63, 3.8) is 0 Å². The fourth-order valence-corrected chi connectivity index (χ4v) is 2.20. The van der Waals surface area contributed by atoms with Gasteiger partial charge in [-0.15, -0.1) is 0 Å². The summed E-state index contributed by atoms with van der Waals surface area (Å²) in [7, 11) is 0. The van der Waals surface area contributed by atoms with E-state index in [4.69, 9.17) is 33.0 Å². The summed E-state index contributed by atoms with van der Waals surface area (Å²) in [6.45, 7) is 2.72. The smallest absolute Gasteiger partial charge is 0.156 e. The van der Waals surface area contributed by atoms with E-state index in [2.05, 4.69) is 5.32 Å². The van der Waals surface area contributed by atoms with Crippen LogP contribution in [0.15, 0.2) is 18.2 Å². The lowest BCUT2D eigenvalue weighted by Gasteiger charge is -2.18. The van der Waals surface area contributed by atoms with Crippen molar-refractivity contribution in [2.45, 2.75) is 31.9 Å². The van der Waals surface area contributed by atoms with Crippen LogP contribution in [0, 0.1) is 0 Å². The van der Waals surface area contributed by atoms with Gasteiger partial charge in [-0.3, -0.25) is 0 Å². The molecular weight excluding hydrogens is 301 g/mol. The number of aliphatic hydroxyl groups is 2. The fraction of sp³-hybridized carbons (Fsp3) is 0.571. The highest BCUT2D eigenvalue weighted by Gasteiger charge is 2.11. The second kappa shape index (κ2) is 9.42. The molecule has 4 nitrogen and oxygen atoms in total. The van der Waals surface area contributed by atoms with Gasteiger partial charge < -0.3 is 20.3 Å². The molecule has 114 valence electrons. The van der Waals surface area contributed by atoms with Crippen molar-refractivity contribution < 1.29 is 14.9 Å². The monoisotopic (exact) mass is 321 g/mol. The van der Waals surface area contributed by atoms with E-state index in [9.17, 15) is 5.11 Å². The zero-order valence-corrected chi connectivity index (χ0v) is 13.0. The van der Waals surface area contributed by atoms with E-state index in [-0.39, 0.29) is 19.3 Å². The molecule has 0 radical (unpaired) electrons. The van der Waals surface area contributed by atoms with Crippen molar-refractivity contribution in [2.75, 3.05) is 19.8 Å². The Morgan fingerprint density at radius 1 is 1.30 bits per heavy atom. The van der Waals surface area contributed by atoms with Crippen molar-refractivity contribution in [1.29, 1.82) is 0 Å². The van der Waals surface area contributed by atoms with E-state index < -0.39 is 6.10 Å². The lowest BCUT2D eigenvalue weighted by molar-refractivity contribution is 0.103. The molecule has 0 fully saturated rings. The first-order valence-corrected chi connectivity index (χ1v) is 7.39. The molecule has 0 bridgehead atoms. The van der Waals surface area contributed by atoms with E-state index in [0.29, 0.717) is 22.3 Å². The van der Waals surface area contributed by atoms with Crippen molar-refractivity contribution >= 4 is 23.2 Å². The summed E-state index contributed by atoms with van der Waals surface area (Å²) in [6, 6.07) is 5.34. The van der Waals surface area contributed by atoms with Crippen molar-refractivity contribution in [1.82, 2.24) is 5.32 Å². The van der Waals surface area contributed by atoms with E-state index in [1.165, 1.54) is 0 Å². The third kappa shape index (κ3) is 6.29. The predicted octanol–water partition coefficient (Wildman–Crippen LogP) is 2.48. The number of rotatable bonds is 9. The quantitative estimate of drug-likeness (QED) is 0.654. The summed E-state index contributed by atoms with van der Waals surface area (Å²) in [5.41, 5.74) is 0. The summed E-state index contributed by atoms with van der Waals surface area (Å²) in [5.74, 6) is 0.392. The van der Waals surface area contributed by atoms with Crippen LogP contribution in [0.25, 0.3) is 0 Å². The van der Waals surface area contributed by atoms with Gasteiger partial charge in [0.05, 0.1) is 10.0 Å². The highest BCUT2D eigenvalue weighted by molar-refractivity contribution is 6.37. The van der Waals surface area contributed by atoms with Crippen LogP contribution < -0.4 is 10.1 Å². The van der Waals surface area contributed by atoms with Crippen LogP contribution in [-0.4, -0.2) is 42.1 Å². The normalized spacial score (nSPS) is 14.1. The Bertz CT molecular complexity index is 384. The third-order valence-corrected chi connectivity index (χ3v) is 3.43. The standard InChI is InChI=1S/C14H21Cl2NO3/c1-10(4-3-7-18)17-8-11(19)9-20-14-12(15)5-2-6-13(14)16/h2,5-6,10-11,17-19H,3-4,7-9H2,1H3. The molecule has 2 atom stereocenters. The number of hydrogen-bond donors (Lipinski definition) is 3. The number of aliphatic hydroxyl groups excluding tert-OH is 2. The van der Waals surface area contributed by atoms with Gasteiger partial charge in [-0.05, 0) is 31.9 Å². The van der Waals surface area contributed by atoms with Gasteiger partial charge in [-0.2, -0.15) is 0 Å². The Morgan fingerprint density at radius 2 is 1.95 bits per heavy atom. The molecule has 0 aliphatic rings. The summed E-state index contributed by atoms with van der Waals surface area (Å²) < 4.78 is 5.45. The molecule has 0 aliphatic heterocycles.